The highest BCUT2D eigenvalue weighted by atomic mass is 32.5. The van der Waals surface area contributed by atoms with Crippen molar-refractivity contribution in [3.05, 3.63) is 54.1 Å². The van der Waals surface area contributed by atoms with E-state index in [1.165, 1.54) is 13.0 Å². The number of benzene rings is 1. The molecule has 1 saturated carbocycles. The zero-order valence-corrected chi connectivity index (χ0v) is 23.3. The number of β-amino-alcohol motifs (C(OH)–C–C–N with tert-alkyl or cyclic N) is 1. The molecule has 8 nitrogen and oxygen atoms in total. The van der Waals surface area contributed by atoms with Crippen molar-refractivity contribution in [2.75, 3.05) is 11.4 Å². The van der Waals surface area contributed by atoms with Crippen LogP contribution in [0.25, 0.3) is 0 Å². The van der Waals surface area contributed by atoms with Gasteiger partial charge in [-0.05, 0) is 50.1 Å². The Hall–Kier alpha value is -3.65. The van der Waals surface area contributed by atoms with Crippen molar-refractivity contribution in [3.8, 4) is 6.19 Å². The molecule has 0 spiro atoms. The van der Waals surface area contributed by atoms with E-state index in [4.69, 9.17) is 0 Å². The number of aromatic nitrogens is 1. The topological polar surface area (TPSA) is 110 Å². The Morgan fingerprint density at radius 1 is 1.14 bits per heavy atom. The average Bonchev–Trinajstić information content (AvgIpc) is 3.22. The number of alkyl halides is 2. The van der Waals surface area contributed by atoms with Gasteiger partial charge in [-0.2, -0.15) is 9.65 Å². The van der Waals surface area contributed by atoms with Gasteiger partial charge in [0, 0.05) is 42.8 Å². The van der Waals surface area contributed by atoms with Gasteiger partial charge in [0.05, 0.1) is 12.1 Å². The highest BCUT2D eigenvalue weighted by Crippen LogP contribution is 3.02. The van der Waals surface area contributed by atoms with Crippen LogP contribution in [0, 0.1) is 17.4 Å². The Labute approximate surface area is 241 Å². The predicted octanol–water partition coefficient (Wildman–Crippen LogP) is 5.95. The summed E-state index contributed by atoms with van der Waals surface area (Å²) in [6.07, 6.45) is 0.833. The maximum absolute atomic E-state index is 15.1. The van der Waals surface area contributed by atoms with Crippen molar-refractivity contribution < 1.29 is 47.3 Å². The Balaban J connectivity index is 1.84. The van der Waals surface area contributed by atoms with Gasteiger partial charge in [0.15, 0.2) is 6.19 Å². The number of nitriles is 1. The van der Waals surface area contributed by atoms with E-state index < -0.39 is 86.6 Å². The number of likely N-dealkylation sites (tertiary alicyclic amines) is 1. The fraction of sp³-hybridized carbons (Fsp3) is 0.462. The third-order valence-corrected chi connectivity index (χ3v) is 8.55. The summed E-state index contributed by atoms with van der Waals surface area (Å²) in [5, 5.41) is 22.6. The zero-order chi connectivity index (χ0) is 32.1. The maximum Gasteiger partial charge on any atom is 0.310 e. The van der Waals surface area contributed by atoms with Crippen LogP contribution in [0.4, 0.5) is 38.3 Å². The summed E-state index contributed by atoms with van der Waals surface area (Å²) < 4.78 is 110. The third-order valence-electron chi connectivity index (χ3n) is 7.38. The van der Waals surface area contributed by atoms with Crippen molar-refractivity contribution in [1.29, 1.82) is 5.26 Å². The molecule has 43 heavy (non-hydrogen) atoms. The number of aliphatic hydroxyl groups is 1. The van der Waals surface area contributed by atoms with Gasteiger partial charge in [0.1, 0.15) is 17.0 Å². The molecule has 1 unspecified atom stereocenters. The molecule has 3 atom stereocenters. The molecule has 0 bridgehead atoms. The van der Waals surface area contributed by atoms with Crippen LogP contribution in [-0.2, 0) is 9.59 Å². The van der Waals surface area contributed by atoms with Crippen LogP contribution < -0.4 is 10.2 Å². The van der Waals surface area contributed by atoms with Crippen LogP contribution in [0.2, 0.25) is 0 Å². The molecule has 4 rings (SSSR count). The van der Waals surface area contributed by atoms with Gasteiger partial charge in [-0.3, -0.25) is 19.4 Å². The first-order chi connectivity index (χ1) is 19.6. The molecule has 2 fully saturated rings. The quantitative estimate of drug-likeness (QED) is 0.220. The number of rotatable bonds is 7. The normalized spacial score (nSPS) is 24.8. The monoisotopic (exact) mass is 641 g/mol. The molecule has 1 aliphatic heterocycles. The Morgan fingerprint density at radius 2 is 1.74 bits per heavy atom. The minimum absolute atomic E-state index is 0.00181. The molecule has 2 N–H and O–H groups in total. The average molecular weight is 642 g/mol. The van der Waals surface area contributed by atoms with Crippen LogP contribution in [0.3, 0.4) is 0 Å². The number of hydrogen-bond donors (Lipinski definition) is 2. The molecule has 0 radical (unpaired) electrons. The van der Waals surface area contributed by atoms with Gasteiger partial charge < -0.3 is 10.4 Å². The first-order valence-corrected chi connectivity index (χ1v) is 14.9. The Kier molecular flexibility index (Phi) is 7.67. The standard InChI is InChI=1S/C26H27F8N5O3S/c1-25(42)13-20(38(14-25)15-35)24(41)39(17-4-6-18(7-5-17)43(30,31,32,33)34)21(19-3-2-12-36-22(19)27)23(40)37-16-8-10-26(28,29)11-9-16/h2-7,12,16,20-21,42H,8-11,13-14H2,1H3,(H,37,40)/t20-,21?,25-/m1/s1. The largest absolute Gasteiger partial charge is 0.388 e. The van der Waals surface area contributed by atoms with Gasteiger partial charge in [-0.15, -0.1) is 0 Å². The molecule has 1 saturated heterocycles. The van der Waals surface area contributed by atoms with Crippen molar-refractivity contribution >= 4 is 27.7 Å². The Bertz CT molecular complexity index is 1440. The summed E-state index contributed by atoms with van der Waals surface area (Å²) >= 11 is 0. The van der Waals surface area contributed by atoms with Crippen LogP contribution in [-0.4, -0.2) is 57.0 Å². The van der Waals surface area contributed by atoms with Crippen molar-refractivity contribution in [2.24, 2.45) is 0 Å². The molecule has 1 aromatic heterocycles. The molecule has 2 aromatic rings. The van der Waals surface area contributed by atoms with E-state index in [0.717, 1.165) is 17.2 Å². The minimum Gasteiger partial charge on any atom is -0.388 e. The smallest absolute Gasteiger partial charge is 0.310 e. The number of carbonyl (C=O) groups is 2. The molecular formula is C26H27F8N5O3S. The number of anilines is 1. The van der Waals surface area contributed by atoms with E-state index in [9.17, 15) is 48.2 Å². The van der Waals surface area contributed by atoms with Gasteiger partial charge in [0.25, 0.3) is 5.91 Å². The fourth-order valence-corrected chi connectivity index (χ4v) is 5.94. The molecule has 236 valence electrons. The van der Waals surface area contributed by atoms with Gasteiger partial charge in [-0.1, -0.05) is 25.5 Å². The van der Waals surface area contributed by atoms with E-state index in [2.05, 4.69) is 10.3 Å². The highest BCUT2D eigenvalue weighted by Gasteiger charge is 2.65. The summed E-state index contributed by atoms with van der Waals surface area (Å²) in [6, 6.07) is -1.15. The van der Waals surface area contributed by atoms with Gasteiger partial charge >= 0.3 is 10.2 Å². The van der Waals surface area contributed by atoms with Gasteiger partial charge in [0.2, 0.25) is 17.8 Å². The Morgan fingerprint density at radius 3 is 2.28 bits per heavy atom. The summed E-state index contributed by atoms with van der Waals surface area (Å²) in [5.41, 5.74) is -2.71. The number of pyridine rings is 1. The fourth-order valence-electron chi connectivity index (χ4n) is 5.29. The van der Waals surface area contributed by atoms with E-state index >= 15 is 4.39 Å². The number of halogens is 8. The van der Waals surface area contributed by atoms with E-state index in [0.29, 0.717) is 17.0 Å². The molecular weight excluding hydrogens is 614 g/mol. The zero-order valence-electron chi connectivity index (χ0n) is 22.5. The molecule has 2 amide bonds. The number of nitrogens with zero attached hydrogens (tertiary/aromatic N) is 4. The van der Waals surface area contributed by atoms with E-state index in [1.807, 2.05) is 0 Å². The number of amides is 2. The minimum atomic E-state index is -10.2. The second-order valence-electron chi connectivity index (χ2n) is 11.0. The van der Waals surface area contributed by atoms with Crippen LogP contribution in [0.5, 0.6) is 0 Å². The lowest BCUT2D eigenvalue weighted by Crippen LogP contribution is -2.52. The first kappa shape index (κ1) is 32.3. The maximum atomic E-state index is 15.1. The van der Waals surface area contributed by atoms with Crippen LogP contribution in [0.1, 0.15) is 50.6 Å². The molecule has 2 aliphatic rings. The highest BCUT2D eigenvalue weighted by molar-refractivity contribution is 8.45. The third kappa shape index (κ3) is 7.29. The van der Waals surface area contributed by atoms with Crippen LogP contribution in [0.15, 0.2) is 47.5 Å². The molecule has 1 aromatic carbocycles. The lowest BCUT2D eigenvalue weighted by molar-refractivity contribution is -0.129. The SMILES string of the molecule is C[C@@]1(O)C[C@H](C(=O)N(c2ccc(S(F)(F)(F)(F)F)cc2)C(C(=O)NC2CCC(F)(F)CC2)c2cccnc2F)N(C#N)C1. The predicted molar refractivity (Wildman–Crippen MR) is 139 cm³/mol. The molecule has 17 heteroatoms. The summed E-state index contributed by atoms with van der Waals surface area (Å²) in [6.45, 7) is 0.966. The molecule has 1 aliphatic carbocycles. The second-order valence-corrected chi connectivity index (χ2v) is 13.5. The number of carbonyl (C=O) groups excluding carboxylic acids is 2. The molecule has 2 heterocycles. The van der Waals surface area contributed by atoms with E-state index in [-0.39, 0.29) is 37.9 Å². The summed E-state index contributed by atoms with van der Waals surface area (Å²) in [5.74, 6) is -6.52. The van der Waals surface area contributed by atoms with Crippen molar-refractivity contribution in [2.45, 2.75) is 73.6 Å². The second kappa shape index (κ2) is 10.2. The van der Waals surface area contributed by atoms with Crippen molar-refractivity contribution in [1.82, 2.24) is 15.2 Å². The van der Waals surface area contributed by atoms with Crippen LogP contribution >= 0.6 is 10.2 Å². The first-order valence-electron chi connectivity index (χ1n) is 13.0. The summed E-state index contributed by atoms with van der Waals surface area (Å²) in [7, 11) is -10.2. The number of nitrogens with one attached hydrogen (secondary N) is 1. The lowest BCUT2D eigenvalue weighted by Gasteiger charge is -2.41. The summed E-state index contributed by atoms with van der Waals surface area (Å²) in [4.78, 5) is 30.4. The number of hydrogen-bond acceptors (Lipinski definition) is 6. The van der Waals surface area contributed by atoms with E-state index in [1.54, 1.807) is 6.19 Å². The van der Waals surface area contributed by atoms with Crippen molar-refractivity contribution in [3.63, 3.8) is 0 Å². The van der Waals surface area contributed by atoms with Gasteiger partial charge in [-0.25, -0.2) is 13.8 Å². The lowest BCUT2D eigenvalue weighted by atomic mass is 9.91.